The third-order valence-electron chi connectivity index (χ3n) is 3.97. The highest BCUT2D eigenvalue weighted by atomic mass is 16.3. The zero-order valence-corrected chi connectivity index (χ0v) is 10.6. The summed E-state index contributed by atoms with van der Waals surface area (Å²) in [5.41, 5.74) is 0.868. The molecule has 94 valence electrons. The minimum absolute atomic E-state index is 0.0880. The molecule has 1 aromatic heterocycles. The Hall–Kier alpha value is -1.09. The lowest BCUT2D eigenvalue weighted by Gasteiger charge is -2.35. The average Bonchev–Trinajstić information content (AvgIpc) is 2.33. The molecule has 0 aliphatic heterocycles. The van der Waals surface area contributed by atoms with Crippen molar-refractivity contribution in [3.8, 4) is 0 Å². The minimum atomic E-state index is -0.254. The number of aryl methyl sites for hydroxylation is 1. The molecule has 0 aromatic carbocycles. The van der Waals surface area contributed by atoms with Crippen molar-refractivity contribution in [2.75, 3.05) is 0 Å². The lowest BCUT2D eigenvalue weighted by molar-refractivity contribution is 0.0700. The van der Waals surface area contributed by atoms with E-state index < -0.39 is 0 Å². The van der Waals surface area contributed by atoms with Crippen LogP contribution in [0.1, 0.15) is 44.2 Å². The molecule has 17 heavy (non-hydrogen) atoms. The summed E-state index contributed by atoms with van der Waals surface area (Å²) in [5, 5.41) is 9.80. The summed E-state index contributed by atoms with van der Waals surface area (Å²) in [4.78, 5) is 12.1. The Morgan fingerprint density at radius 3 is 2.94 bits per heavy atom. The van der Waals surface area contributed by atoms with Crippen molar-refractivity contribution < 1.29 is 5.11 Å². The van der Waals surface area contributed by atoms with E-state index in [2.05, 4.69) is 6.92 Å². The fourth-order valence-corrected chi connectivity index (χ4v) is 2.89. The first-order valence-electron chi connectivity index (χ1n) is 6.49. The molecule has 3 nitrogen and oxygen atoms in total. The van der Waals surface area contributed by atoms with Crippen molar-refractivity contribution in [1.82, 2.24) is 4.57 Å². The van der Waals surface area contributed by atoms with Crippen LogP contribution < -0.4 is 5.56 Å². The number of pyridine rings is 1. The maximum atomic E-state index is 12.1. The zero-order valence-electron chi connectivity index (χ0n) is 10.6. The largest absolute Gasteiger partial charge is 0.393 e. The van der Waals surface area contributed by atoms with E-state index in [9.17, 15) is 9.90 Å². The fraction of sp³-hybridized carbons (Fsp3) is 0.643. The second-order valence-corrected chi connectivity index (χ2v) is 5.11. The minimum Gasteiger partial charge on any atom is -0.393 e. The van der Waals surface area contributed by atoms with Gasteiger partial charge < -0.3 is 9.67 Å². The standard InChI is InChI=1S/C14H21NO2/c1-3-11-6-7-12(16)9-13(11)15-8-4-5-10(2)14(15)17/h4-5,8,11-13,16H,3,6-7,9H2,1-2H3. The Morgan fingerprint density at radius 2 is 2.24 bits per heavy atom. The van der Waals surface area contributed by atoms with Gasteiger partial charge in [-0.3, -0.25) is 4.79 Å². The van der Waals surface area contributed by atoms with Gasteiger partial charge in [0, 0.05) is 17.8 Å². The second kappa shape index (κ2) is 5.05. The molecule has 1 aliphatic carbocycles. The highest BCUT2D eigenvalue weighted by molar-refractivity contribution is 5.09. The molecule has 3 atom stereocenters. The van der Waals surface area contributed by atoms with E-state index in [-0.39, 0.29) is 17.7 Å². The van der Waals surface area contributed by atoms with Gasteiger partial charge in [-0.1, -0.05) is 19.4 Å². The van der Waals surface area contributed by atoms with Gasteiger partial charge in [-0.15, -0.1) is 0 Å². The first kappa shape index (κ1) is 12.4. The number of hydrogen-bond donors (Lipinski definition) is 1. The van der Waals surface area contributed by atoms with Crippen LogP contribution >= 0.6 is 0 Å². The Balaban J connectivity index is 2.35. The van der Waals surface area contributed by atoms with Crippen LogP contribution in [0.25, 0.3) is 0 Å². The lowest BCUT2D eigenvalue weighted by atomic mass is 9.81. The summed E-state index contributed by atoms with van der Waals surface area (Å²) >= 11 is 0. The molecule has 1 aromatic rings. The second-order valence-electron chi connectivity index (χ2n) is 5.11. The molecule has 0 amide bonds. The maximum absolute atomic E-state index is 12.1. The predicted molar refractivity (Wildman–Crippen MR) is 68.1 cm³/mol. The van der Waals surface area contributed by atoms with Gasteiger partial charge in [-0.2, -0.15) is 0 Å². The van der Waals surface area contributed by atoms with Gasteiger partial charge in [0.15, 0.2) is 0 Å². The number of nitrogens with zero attached hydrogens (tertiary/aromatic N) is 1. The molecule has 1 saturated carbocycles. The molecule has 1 fully saturated rings. The van der Waals surface area contributed by atoms with Gasteiger partial charge in [-0.05, 0) is 38.2 Å². The smallest absolute Gasteiger partial charge is 0.253 e. The van der Waals surface area contributed by atoms with Crippen molar-refractivity contribution in [3.05, 3.63) is 34.2 Å². The summed E-state index contributed by atoms with van der Waals surface area (Å²) in [5.74, 6) is 0.512. The van der Waals surface area contributed by atoms with E-state index in [0.717, 1.165) is 24.8 Å². The summed E-state index contributed by atoms with van der Waals surface area (Å²) in [6.45, 7) is 4.01. The number of aromatic nitrogens is 1. The molecule has 2 rings (SSSR count). The van der Waals surface area contributed by atoms with E-state index in [4.69, 9.17) is 0 Å². The van der Waals surface area contributed by atoms with E-state index in [1.54, 1.807) is 0 Å². The van der Waals surface area contributed by atoms with Gasteiger partial charge in [0.05, 0.1) is 6.10 Å². The van der Waals surface area contributed by atoms with Crippen LogP contribution in [0, 0.1) is 12.8 Å². The first-order chi connectivity index (χ1) is 8.13. The number of hydrogen-bond acceptors (Lipinski definition) is 2. The molecule has 1 aliphatic rings. The van der Waals surface area contributed by atoms with Gasteiger partial charge in [0.2, 0.25) is 0 Å². The summed E-state index contributed by atoms with van der Waals surface area (Å²) in [6, 6.07) is 3.93. The van der Waals surface area contributed by atoms with Crippen LogP contribution in [0.4, 0.5) is 0 Å². The predicted octanol–water partition coefficient (Wildman–Crippen LogP) is 2.27. The molecule has 0 saturated heterocycles. The normalized spacial score (nSPS) is 29.2. The van der Waals surface area contributed by atoms with Crippen molar-refractivity contribution in [2.45, 2.75) is 51.7 Å². The maximum Gasteiger partial charge on any atom is 0.253 e. The van der Waals surface area contributed by atoms with Gasteiger partial charge in [-0.25, -0.2) is 0 Å². The quantitative estimate of drug-likeness (QED) is 0.854. The monoisotopic (exact) mass is 235 g/mol. The third kappa shape index (κ3) is 2.44. The Labute approximate surface area is 102 Å². The van der Waals surface area contributed by atoms with Crippen molar-refractivity contribution in [1.29, 1.82) is 0 Å². The topological polar surface area (TPSA) is 42.2 Å². The molecule has 1 N–H and O–H groups in total. The highest BCUT2D eigenvalue weighted by Gasteiger charge is 2.30. The highest BCUT2D eigenvalue weighted by Crippen LogP contribution is 2.35. The van der Waals surface area contributed by atoms with E-state index in [1.807, 2.05) is 29.8 Å². The molecular formula is C14H21NO2. The van der Waals surface area contributed by atoms with Crippen LogP contribution in [0.2, 0.25) is 0 Å². The van der Waals surface area contributed by atoms with Crippen molar-refractivity contribution >= 4 is 0 Å². The van der Waals surface area contributed by atoms with E-state index in [0.29, 0.717) is 12.3 Å². The summed E-state index contributed by atoms with van der Waals surface area (Å²) < 4.78 is 1.83. The van der Waals surface area contributed by atoms with Crippen LogP contribution in [-0.2, 0) is 0 Å². The number of aliphatic hydroxyl groups is 1. The molecule has 1 heterocycles. The van der Waals surface area contributed by atoms with Crippen LogP contribution in [0.3, 0.4) is 0 Å². The number of aliphatic hydroxyl groups excluding tert-OH is 1. The molecule has 0 spiro atoms. The van der Waals surface area contributed by atoms with E-state index in [1.165, 1.54) is 0 Å². The Bertz CT molecular complexity index is 438. The van der Waals surface area contributed by atoms with Gasteiger partial charge in [0.25, 0.3) is 5.56 Å². The van der Waals surface area contributed by atoms with Crippen LogP contribution in [-0.4, -0.2) is 15.8 Å². The Morgan fingerprint density at radius 1 is 1.47 bits per heavy atom. The molecule has 3 unspecified atom stereocenters. The van der Waals surface area contributed by atoms with E-state index >= 15 is 0 Å². The van der Waals surface area contributed by atoms with Crippen molar-refractivity contribution in [3.63, 3.8) is 0 Å². The molecule has 0 radical (unpaired) electrons. The Kier molecular flexibility index (Phi) is 3.67. The van der Waals surface area contributed by atoms with Crippen LogP contribution in [0.15, 0.2) is 23.1 Å². The van der Waals surface area contributed by atoms with Gasteiger partial charge in [0.1, 0.15) is 0 Å². The SMILES string of the molecule is CCC1CCC(O)CC1n1cccc(C)c1=O. The molecule has 0 bridgehead atoms. The summed E-state index contributed by atoms with van der Waals surface area (Å²) in [6.07, 6.45) is 5.27. The average molecular weight is 235 g/mol. The summed E-state index contributed by atoms with van der Waals surface area (Å²) in [7, 11) is 0. The number of rotatable bonds is 2. The molecule has 3 heteroatoms. The third-order valence-corrected chi connectivity index (χ3v) is 3.97. The fourth-order valence-electron chi connectivity index (χ4n) is 2.89. The van der Waals surface area contributed by atoms with Gasteiger partial charge >= 0.3 is 0 Å². The first-order valence-corrected chi connectivity index (χ1v) is 6.49. The van der Waals surface area contributed by atoms with Crippen LogP contribution in [0.5, 0.6) is 0 Å². The van der Waals surface area contributed by atoms with Crippen molar-refractivity contribution in [2.24, 2.45) is 5.92 Å². The molecular weight excluding hydrogens is 214 g/mol. The lowest BCUT2D eigenvalue weighted by Crippen LogP contribution is -2.35. The zero-order chi connectivity index (χ0) is 12.4.